The standard InChI is InChI=1S/C36H62BN11O15.Ga/c1-23(2)34(35(60)42-24(3)36(61)48-6-4-5-25(48)37(62)63)43-29(52)18-40-27(50)16-38-26(49)15-39-28(51)17-41-30(53)19-44-7-9-45(20-31(54)55)11-13-47(22-33(58)59)14-12-46(10-8-44)21-32(56)57;/h23-25,34,62-63H,4-22H2,1-3H3,(H,38,49)(H,39,51)(H,40,50)(H,41,53)(H,42,60)(H,43,52)(H,54,55)(H,56,57)(H,58,59);/q;+3/p-3/t24-,25+,34+;/m1./s1. The van der Waals surface area contributed by atoms with Crippen LogP contribution in [0.5, 0.6) is 0 Å². The Morgan fingerprint density at radius 1 is 0.625 bits per heavy atom. The van der Waals surface area contributed by atoms with Crippen molar-refractivity contribution in [3.8, 4) is 0 Å². The van der Waals surface area contributed by atoms with Crippen molar-refractivity contribution in [2.45, 2.75) is 51.6 Å². The molecule has 354 valence electrons. The molecule has 4 aliphatic rings. The van der Waals surface area contributed by atoms with E-state index in [4.69, 9.17) is 10.6 Å². The third kappa shape index (κ3) is 17.6. The molecule has 0 saturated carbocycles. The van der Waals surface area contributed by atoms with Gasteiger partial charge in [-0.15, -0.1) is 0 Å². The fraction of sp³-hybridized carbons (Fsp3) is 0.722. The van der Waals surface area contributed by atoms with Crippen molar-refractivity contribution in [2.24, 2.45) is 5.92 Å². The molecule has 0 radical (unpaired) electrons. The van der Waals surface area contributed by atoms with Gasteiger partial charge in [-0.3, -0.25) is 28.8 Å². The topological polar surface area (TPSA) is 327 Å². The van der Waals surface area contributed by atoms with E-state index in [1.165, 1.54) is 11.8 Å². The summed E-state index contributed by atoms with van der Waals surface area (Å²) in [5.74, 6) is -7.78. The number of amides is 7. The van der Waals surface area contributed by atoms with E-state index < -0.39 is 134 Å². The maximum absolute atomic E-state index is 13.0. The summed E-state index contributed by atoms with van der Waals surface area (Å²) in [6.45, 7) is 5.56. The zero-order valence-electron chi connectivity index (χ0n) is 36.3. The zero-order valence-corrected chi connectivity index (χ0v) is 38.8. The van der Waals surface area contributed by atoms with Crippen molar-refractivity contribution < 1.29 is 68.6 Å². The third-order valence-corrected chi connectivity index (χ3v) is 13.6. The second-order valence-corrected chi connectivity index (χ2v) is 18.8. The fourth-order valence-electron chi connectivity index (χ4n) is 7.18. The Bertz CT molecular complexity index is 1700. The third-order valence-electron chi connectivity index (χ3n) is 10.7. The van der Waals surface area contributed by atoms with Gasteiger partial charge in [0.15, 0.2) is 0 Å². The second kappa shape index (κ2) is 25.6. The molecule has 0 spiro atoms. The van der Waals surface area contributed by atoms with E-state index >= 15 is 0 Å². The van der Waals surface area contributed by atoms with Gasteiger partial charge in [0, 0.05) is 6.54 Å². The van der Waals surface area contributed by atoms with Gasteiger partial charge in [-0.1, -0.05) is 13.8 Å². The van der Waals surface area contributed by atoms with Gasteiger partial charge in [-0.05, 0) is 25.7 Å². The Labute approximate surface area is 376 Å². The molecule has 7 amide bonds. The monoisotopic (exact) mass is 965 g/mol. The van der Waals surface area contributed by atoms with E-state index in [0.29, 0.717) is 71.7 Å². The minimum atomic E-state index is -4.00. The summed E-state index contributed by atoms with van der Waals surface area (Å²) >= 11 is -4.00. The second-order valence-electron chi connectivity index (χ2n) is 16.1. The molecular weight excluding hydrogens is 907 g/mol. The molecule has 0 aromatic rings. The maximum atomic E-state index is 13.0. The van der Waals surface area contributed by atoms with Gasteiger partial charge >= 0.3 is 194 Å². The Morgan fingerprint density at radius 3 is 1.48 bits per heavy atom. The normalized spacial score (nSPS) is 23.0. The van der Waals surface area contributed by atoms with Crippen LogP contribution in [0.1, 0.15) is 33.6 Å². The van der Waals surface area contributed by atoms with Crippen LogP contribution in [0.3, 0.4) is 0 Å². The average molecular weight is 966 g/mol. The minimum absolute atomic E-state index is 0.0533. The molecule has 4 aliphatic heterocycles. The van der Waals surface area contributed by atoms with Crippen molar-refractivity contribution in [1.82, 2.24) is 56.4 Å². The minimum Gasteiger partial charge on any atom is -0.426 e. The van der Waals surface area contributed by atoms with Gasteiger partial charge in [-0.2, -0.15) is 0 Å². The van der Waals surface area contributed by atoms with Crippen molar-refractivity contribution in [1.29, 1.82) is 0 Å². The Morgan fingerprint density at radius 2 is 1.05 bits per heavy atom. The molecule has 4 bridgehead atoms. The summed E-state index contributed by atoms with van der Waals surface area (Å²) in [4.78, 5) is 135. The number of carbonyl (C=O) groups excluding carboxylic acids is 10. The molecule has 28 heteroatoms. The van der Waals surface area contributed by atoms with Gasteiger partial charge in [0.05, 0.1) is 25.6 Å². The van der Waals surface area contributed by atoms with Crippen LogP contribution < -0.4 is 31.9 Å². The van der Waals surface area contributed by atoms with Crippen LogP contribution in [0.4, 0.5) is 0 Å². The average Bonchev–Trinajstić information content (AvgIpc) is 3.72. The van der Waals surface area contributed by atoms with E-state index in [2.05, 4.69) is 31.9 Å². The maximum Gasteiger partial charge on any atom is 0.475 e. The summed E-state index contributed by atoms with van der Waals surface area (Å²) in [7, 11) is -1.72. The summed E-state index contributed by atoms with van der Waals surface area (Å²) < 4.78 is 16.0. The molecule has 0 aliphatic carbocycles. The molecule has 0 aromatic carbocycles. The molecule has 8 N–H and O–H groups in total. The predicted octanol–water partition coefficient (Wildman–Crippen LogP) is -8.04. The summed E-state index contributed by atoms with van der Waals surface area (Å²) in [5, 5.41) is 33.7. The quantitative estimate of drug-likeness (QED) is 0.0666. The number of hydrogen-bond donors (Lipinski definition) is 8. The van der Waals surface area contributed by atoms with Gasteiger partial charge in [0.1, 0.15) is 12.1 Å². The molecule has 0 aromatic heterocycles. The van der Waals surface area contributed by atoms with E-state index in [-0.39, 0.29) is 26.2 Å². The summed E-state index contributed by atoms with van der Waals surface area (Å²) in [6.07, 6.45) is 0.983. The number of rotatable bonds is 16. The van der Waals surface area contributed by atoms with E-state index in [1.54, 1.807) is 13.8 Å². The number of fused-ring (bicyclic) bond motifs is 7. The van der Waals surface area contributed by atoms with E-state index in [1.807, 2.05) is 19.6 Å². The first-order valence-corrected chi connectivity index (χ1v) is 24.1. The van der Waals surface area contributed by atoms with Crippen LogP contribution in [0, 0.1) is 5.92 Å². The number of carbonyl (C=O) groups is 10. The molecule has 64 heavy (non-hydrogen) atoms. The van der Waals surface area contributed by atoms with Gasteiger partial charge in [-0.25, -0.2) is 0 Å². The number of nitrogens with zero attached hydrogens (tertiary/aromatic N) is 5. The van der Waals surface area contributed by atoms with Gasteiger partial charge < -0.3 is 41.5 Å². The zero-order chi connectivity index (χ0) is 46.9. The van der Waals surface area contributed by atoms with Crippen molar-refractivity contribution >= 4 is 83.7 Å². The van der Waals surface area contributed by atoms with Crippen molar-refractivity contribution in [3.63, 3.8) is 0 Å². The molecule has 4 fully saturated rings. The Kier molecular flexibility index (Phi) is 20.7. The molecule has 2 unspecified atom stereocenters. The summed E-state index contributed by atoms with van der Waals surface area (Å²) in [5.41, 5.74) is 0. The number of hydrogen-bond acceptors (Lipinski definition) is 19. The van der Waals surface area contributed by atoms with E-state index in [0.717, 1.165) is 0 Å². The first-order valence-electron chi connectivity index (χ1n) is 21.2. The first-order chi connectivity index (χ1) is 30.4. The first kappa shape index (κ1) is 51.8. The summed E-state index contributed by atoms with van der Waals surface area (Å²) in [6, 6.07) is -2.09. The van der Waals surface area contributed by atoms with Crippen LogP contribution in [-0.4, -0.2) is 248 Å². The smallest absolute Gasteiger partial charge is 0.426 e. The number of likely N-dealkylation sites (tertiary alicyclic amines) is 1. The largest absolute Gasteiger partial charge is 0.475 e. The fourth-order valence-corrected chi connectivity index (χ4v) is 9.30. The van der Waals surface area contributed by atoms with Crippen LogP contribution in [-0.2, 0) is 58.5 Å². The Hall–Kier alpha value is -4.84. The molecular formula is C36H59BGaN11O15. The van der Waals surface area contributed by atoms with Gasteiger partial charge in [0.25, 0.3) is 0 Å². The van der Waals surface area contributed by atoms with Crippen LogP contribution in [0.2, 0.25) is 0 Å². The van der Waals surface area contributed by atoms with Crippen molar-refractivity contribution in [3.05, 3.63) is 0 Å². The molecule has 4 heterocycles. The predicted molar refractivity (Wildman–Crippen MR) is 221 cm³/mol. The van der Waals surface area contributed by atoms with Crippen LogP contribution in [0.15, 0.2) is 0 Å². The number of nitrogens with one attached hydrogen (secondary N) is 6. The molecule has 5 atom stereocenters. The molecule has 26 nitrogen and oxygen atoms in total. The van der Waals surface area contributed by atoms with E-state index in [9.17, 15) is 58.0 Å². The van der Waals surface area contributed by atoms with Gasteiger partial charge in [0.2, 0.25) is 29.5 Å². The molecule has 4 saturated heterocycles. The SMILES string of the molecule is CC(C)[C@H](NC(=O)CNC(=O)CNC(=O)CNC(=O)CNC(=O)CN1CCN2CCN3CCN(CC1)CC(=O)[O][Ga]([O]C(=O)C2)[O]C(=O)C3)C(=O)N[C@H](C)C(=O)N1CCC[C@H]1B(O)O. The van der Waals surface area contributed by atoms with Crippen LogP contribution >= 0.6 is 0 Å². The van der Waals surface area contributed by atoms with Crippen molar-refractivity contribution in [2.75, 3.05) is 111 Å². The molecule has 4 rings (SSSR count). The Balaban J connectivity index is 1.15. The van der Waals surface area contributed by atoms with Crippen LogP contribution in [0.25, 0.3) is 0 Å².